The zero-order chi connectivity index (χ0) is 14.7. The van der Waals surface area contributed by atoms with Gasteiger partial charge in [0.25, 0.3) is 0 Å². The van der Waals surface area contributed by atoms with E-state index in [0.29, 0.717) is 12.1 Å². The SMILES string of the molecule is COc1ccc([C@H]2CN=N[C@H]2C(=O)c2ccccc2)cc1. The van der Waals surface area contributed by atoms with Crippen LogP contribution in [0.4, 0.5) is 0 Å². The van der Waals surface area contributed by atoms with E-state index in [1.54, 1.807) is 7.11 Å². The maximum absolute atomic E-state index is 12.6. The summed E-state index contributed by atoms with van der Waals surface area (Å²) >= 11 is 0. The van der Waals surface area contributed by atoms with Gasteiger partial charge in [0.2, 0.25) is 0 Å². The minimum absolute atomic E-state index is 0.00334. The zero-order valence-electron chi connectivity index (χ0n) is 11.8. The third-order valence-electron chi connectivity index (χ3n) is 3.74. The van der Waals surface area contributed by atoms with E-state index in [1.165, 1.54) is 0 Å². The van der Waals surface area contributed by atoms with Gasteiger partial charge in [-0.1, -0.05) is 42.5 Å². The molecule has 1 aliphatic rings. The zero-order valence-corrected chi connectivity index (χ0v) is 11.8. The average molecular weight is 280 g/mol. The van der Waals surface area contributed by atoms with E-state index in [1.807, 2.05) is 54.6 Å². The van der Waals surface area contributed by atoms with Gasteiger partial charge in [0, 0.05) is 11.5 Å². The highest BCUT2D eigenvalue weighted by Gasteiger charge is 2.33. The Bertz CT molecular complexity index is 650. The first-order valence-electron chi connectivity index (χ1n) is 6.89. The Labute approximate surface area is 123 Å². The van der Waals surface area contributed by atoms with Crippen LogP contribution in [-0.2, 0) is 0 Å². The molecule has 2 aromatic carbocycles. The van der Waals surface area contributed by atoms with E-state index in [9.17, 15) is 4.79 Å². The Morgan fingerprint density at radius 1 is 1.10 bits per heavy atom. The Kier molecular flexibility index (Phi) is 3.77. The first-order chi connectivity index (χ1) is 10.3. The van der Waals surface area contributed by atoms with Crippen molar-refractivity contribution in [3.8, 4) is 5.75 Å². The first-order valence-corrected chi connectivity index (χ1v) is 6.89. The Morgan fingerprint density at radius 3 is 2.48 bits per heavy atom. The summed E-state index contributed by atoms with van der Waals surface area (Å²) in [4.78, 5) is 12.6. The lowest BCUT2D eigenvalue weighted by molar-refractivity contribution is 0.0956. The Morgan fingerprint density at radius 2 is 1.81 bits per heavy atom. The van der Waals surface area contributed by atoms with Gasteiger partial charge in [-0.3, -0.25) is 4.79 Å². The molecule has 0 saturated heterocycles. The molecule has 0 amide bonds. The number of carbonyl (C=O) groups is 1. The van der Waals surface area contributed by atoms with Crippen molar-refractivity contribution in [2.45, 2.75) is 12.0 Å². The summed E-state index contributed by atoms with van der Waals surface area (Å²) in [5.41, 5.74) is 1.75. The number of carbonyl (C=O) groups excluding carboxylic acids is 1. The second kappa shape index (κ2) is 5.87. The quantitative estimate of drug-likeness (QED) is 0.805. The van der Waals surface area contributed by atoms with E-state index >= 15 is 0 Å². The average Bonchev–Trinajstić information content (AvgIpc) is 3.04. The van der Waals surface area contributed by atoms with Crippen molar-refractivity contribution in [1.82, 2.24) is 0 Å². The second-order valence-corrected chi connectivity index (χ2v) is 4.99. The van der Waals surface area contributed by atoms with Crippen LogP contribution in [0.5, 0.6) is 5.75 Å². The number of nitrogens with zero attached hydrogens (tertiary/aromatic N) is 2. The minimum Gasteiger partial charge on any atom is -0.497 e. The van der Waals surface area contributed by atoms with Gasteiger partial charge < -0.3 is 4.74 Å². The number of hydrogen-bond acceptors (Lipinski definition) is 4. The number of methoxy groups -OCH3 is 1. The van der Waals surface area contributed by atoms with Crippen LogP contribution in [0.2, 0.25) is 0 Å². The van der Waals surface area contributed by atoms with Gasteiger partial charge in [0.15, 0.2) is 5.78 Å². The van der Waals surface area contributed by atoms with Crippen LogP contribution in [0, 0.1) is 0 Å². The van der Waals surface area contributed by atoms with Gasteiger partial charge in [0.1, 0.15) is 11.8 Å². The first kappa shape index (κ1) is 13.5. The van der Waals surface area contributed by atoms with Crippen molar-refractivity contribution in [3.05, 3.63) is 65.7 Å². The predicted octanol–water partition coefficient (Wildman–Crippen LogP) is 3.50. The Balaban J connectivity index is 1.84. The molecule has 0 spiro atoms. The van der Waals surface area contributed by atoms with Crippen LogP contribution >= 0.6 is 0 Å². The lowest BCUT2D eigenvalue weighted by atomic mass is 9.88. The van der Waals surface area contributed by atoms with Crippen LogP contribution in [0.1, 0.15) is 21.8 Å². The number of rotatable bonds is 4. The van der Waals surface area contributed by atoms with Gasteiger partial charge >= 0.3 is 0 Å². The van der Waals surface area contributed by atoms with Crippen molar-refractivity contribution in [2.75, 3.05) is 13.7 Å². The van der Waals surface area contributed by atoms with Gasteiger partial charge in [0.05, 0.1) is 13.7 Å². The molecule has 4 nitrogen and oxygen atoms in total. The summed E-state index contributed by atoms with van der Waals surface area (Å²) in [5.74, 6) is 0.831. The molecular formula is C17H16N2O2. The molecule has 2 aromatic rings. The molecule has 0 bridgehead atoms. The van der Waals surface area contributed by atoms with E-state index in [0.717, 1.165) is 11.3 Å². The molecule has 0 radical (unpaired) electrons. The van der Waals surface area contributed by atoms with E-state index in [-0.39, 0.29) is 11.7 Å². The molecule has 3 rings (SSSR count). The van der Waals surface area contributed by atoms with Crippen LogP contribution in [0.15, 0.2) is 64.8 Å². The molecule has 2 atom stereocenters. The predicted molar refractivity (Wildman–Crippen MR) is 80.0 cm³/mol. The molecule has 0 aliphatic carbocycles. The van der Waals surface area contributed by atoms with Crippen LogP contribution in [-0.4, -0.2) is 25.5 Å². The molecule has 0 fully saturated rings. The molecule has 4 heteroatoms. The summed E-state index contributed by atoms with van der Waals surface area (Å²) in [6.07, 6.45) is 0. The molecule has 21 heavy (non-hydrogen) atoms. The molecule has 0 aromatic heterocycles. The standard InChI is InChI=1S/C17H16N2O2/c1-21-14-9-7-12(8-10-14)15-11-18-19-16(15)17(20)13-5-3-2-4-6-13/h2-10,15-16H,11H2,1H3/t15-,16-/m1/s1. The van der Waals surface area contributed by atoms with Gasteiger partial charge in [-0.05, 0) is 17.7 Å². The summed E-state index contributed by atoms with van der Waals surface area (Å²) in [5, 5.41) is 8.24. The van der Waals surface area contributed by atoms with Crippen LogP contribution in [0.3, 0.4) is 0 Å². The number of benzene rings is 2. The third-order valence-corrected chi connectivity index (χ3v) is 3.74. The normalized spacial score (nSPS) is 20.4. The van der Waals surface area contributed by atoms with Crippen molar-refractivity contribution in [3.63, 3.8) is 0 Å². The number of ketones is 1. The van der Waals surface area contributed by atoms with Crippen molar-refractivity contribution in [1.29, 1.82) is 0 Å². The molecule has 1 aliphatic heterocycles. The van der Waals surface area contributed by atoms with Crippen LogP contribution in [0.25, 0.3) is 0 Å². The Hall–Kier alpha value is -2.49. The van der Waals surface area contributed by atoms with E-state index < -0.39 is 6.04 Å². The number of Topliss-reactive ketones (excluding diaryl/α,β-unsaturated/α-hetero) is 1. The maximum atomic E-state index is 12.6. The molecule has 0 N–H and O–H groups in total. The molecule has 0 saturated carbocycles. The molecular weight excluding hydrogens is 264 g/mol. The molecule has 1 heterocycles. The minimum atomic E-state index is -0.430. The number of azo groups is 1. The van der Waals surface area contributed by atoms with Gasteiger partial charge in [-0.2, -0.15) is 10.2 Å². The lowest BCUT2D eigenvalue weighted by Gasteiger charge is -2.16. The second-order valence-electron chi connectivity index (χ2n) is 4.99. The van der Waals surface area contributed by atoms with E-state index in [2.05, 4.69) is 10.2 Å². The number of ether oxygens (including phenoxy) is 1. The smallest absolute Gasteiger partial charge is 0.189 e. The van der Waals surface area contributed by atoms with Crippen molar-refractivity contribution >= 4 is 5.78 Å². The van der Waals surface area contributed by atoms with Crippen molar-refractivity contribution in [2.24, 2.45) is 10.2 Å². The summed E-state index contributed by atoms with van der Waals surface area (Å²) in [6, 6.07) is 16.6. The topological polar surface area (TPSA) is 51.0 Å². The summed E-state index contributed by atoms with van der Waals surface area (Å²) in [7, 11) is 1.64. The number of hydrogen-bond donors (Lipinski definition) is 0. The van der Waals surface area contributed by atoms with Gasteiger partial charge in [-0.25, -0.2) is 0 Å². The van der Waals surface area contributed by atoms with Gasteiger partial charge in [-0.15, -0.1) is 0 Å². The monoisotopic (exact) mass is 280 g/mol. The lowest BCUT2D eigenvalue weighted by Crippen LogP contribution is -2.24. The fourth-order valence-electron chi connectivity index (χ4n) is 2.55. The highest BCUT2D eigenvalue weighted by molar-refractivity contribution is 6.01. The maximum Gasteiger partial charge on any atom is 0.189 e. The highest BCUT2D eigenvalue weighted by atomic mass is 16.5. The fraction of sp³-hybridized carbons (Fsp3) is 0.235. The molecule has 106 valence electrons. The molecule has 0 unspecified atom stereocenters. The van der Waals surface area contributed by atoms with E-state index in [4.69, 9.17) is 4.74 Å². The van der Waals surface area contributed by atoms with Crippen molar-refractivity contribution < 1.29 is 9.53 Å². The van der Waals surface area contributed by atoms with Crippen LogP contribution < -0.4 is 4.74 Å². The largest absolute Gasteiger partial charge is 0.497 e. The third kappa shape index (κ3) is 2.70. The highest BCUT2D eigenvalue weighted by Crippen LogP contribution is 2.31. The summed E-state index contributed by atoms with van der Waals surface area (Å²) in [6.45, 7) is 0.551. The summed E-state index contributed by atoms with van der Waals surface area (Å²) < 4.78 is 5.16. The fourth-order valence-corrected chi connectivity index (χ4v) is 2.55.